The summed E-state index contributed by atoms with van der Waals surface area (Å²) in [5.74, 6) is -9.11. The zero-order valence-electron chi connectivity index (χ0n) is 28.3. The van der Waals surface area contributed by atoms with Crippen LogP contribution < -0.4 is 5.73 Å². The van der Waals surface area contributed by atoms with Crippen molar-refractivity contribution in [3.05, 3.63) is 66.2 Å². The summed E-state index contributed by atoms with van der Waals surface area (Å²) in [5, 5.41) is 66.1. The number of carboxylic acid groups (broad SMARTS) is 7. The van der Waals surface area contributed by atoms with Gasteiger partial charge in [0.25, 0.3) is 10.1 Å². The summed E-state index contributed by atoms with van der Waals surface area (Å²) < 4.78 is 84.8. The summed E-state index contributed by atoms with van der Waals surface area (Å²) in [7, 11) is -14.2. The lowest BCUT2D eigenvalue weighted by Crippen LogP contribution is -2.42. The first-order chi connectivity index (χ1) is 25.2. The van der Waals surface area contributed by atoms with E-state index in [-0.39, 0.29) is 4.90 Å². The van der Waals surface area contributed by atoms with Gasteiger partial charge in [0, 0.05) is 6.42 Å². The quantitative estimate of drug-likeness (QED) is 0.106. The fraction of sp³-hybridized carbons (Fsp3) is 0.296. The van der Waals surface area contributed by atoms with Crippen LogP contribution >= 0.6 is 0 Å². The average molecular weight is 872 g/mol. The molecule has 0 fully saturated rings. The number of carbonyl (C=O) groups is 7. The van der Waals surface area contributed by atoms with Gasteiger partial charge >= 0.3 is 62.6 Å². The summed E-state index contributed by atoms with van der Waals surface area (Å²) in [6, 6.07) is 14.4. The maximum atomic E-state index is 10.4. The minimum Gasteiger partial charge on any atom is -0.481 e. The molecule has 0 amide bonds. The average Bonchev–Trinajstić information content (AvgIpc) is 3.00. The smallest absolute Gasteiger partial charge is 0.413 e. The number of carboxylic acids is 7. The van der Waals surface area contributed by atoms with E-state index in [2.05, 4.69) is 3.63 Å². The molecule has 0 aliphatic rings. The highest BCUT2D eigenvalue weighted by Gasteiger charge is 2.40. The number of rotatable bonds is 14. The Labute approximate surface area is 316 Å². The molecular weight excluding hydrogens is 834 g/mol. The highest BCUT2D eigenvalue weighted by atomic mass is 32.3. The van der Waals surface area contributed by atoms with E-state index in [1.54, 1.807) is 48.5 Å². The minimum atomic E-state index is -5.12. The van der Waals surface area contributed by atoms with Crippen LogP contribution in [-0.4, -0.2) is 133 Å². The lowest BCUT2D eigenvalue weighted by molar-refractivity contribution is -0.170. The van der Waals surface area contributed by atoms with E-state index in [4.69, 9.17) is 60.2 Å². The molecule has 13 N–H and O–H groups in total. The van der Waals surface area contributed by atoms with E-state index in [0.717, 1.165) is 6.42 Å². The molecule has 1 unspecified atom stereocenters. The van der Waals surface area contributed by atoms with Gasteiger partial charge in [-0.2, -0.15) is 25.3 Å². The summed E-state index contributed by atoms with van der Waals surface area (Å²) in [6.07, 6.45) is -1.80. The van der Waals surface area contributed by atoms with Crippen molar-refractivity contribution in [2.45, 2.75) is 55.6 Å². The van der Waals surface area contributed by atoms with Gasteiger partial charge < -0.3 is 46.6 Å². The molecule has 1 atom stereocenters. The molecule has 26 nitrogen and oxygen atoms in total. The minimum absolute atomic E-state index is 0.0741. The number of nitrogens with two attached hydrogens (primary N) is 1. The molecule has 29 heteroatoms. The van der Waals surface area contributed by atoms with Gasteiger partial charge in [-0.3, -0.25) is 37.6 Å². The maximum Gasteiger partial charge on any atom is 0.413 e. The Hall–Kier alpha value is -5.66. The van der Waals surface area contributed by atoms with E-state index >= 15 is 0 Å². The molecule has 0 bridgehead atoms. The number of hydrogen-bond acceptors (Lipinski definition) is 16. The van der Waals surface area contributed by atoms with E-state index in [0.29, 0.717) is 12.0 Å². The van der Waals surface area contributed by atoms with Crippen molar-refractivity contribution in [2.75, 3.05) is 0 Å². The van der Waals surface area contributed by atoms with Crippen molar-refractivity contribution in [2.24, 2.45) is 5.73 Å². The van der Waals surface area contributed by atoms with Crippen molar-refractivity contribution in [3.8, 4) is 0 Å². The Kier molecular flexibility index (Phi) is 28.4. The first kappa shape index (κ1) is 57.1. The van der Waals surface area contributed by atoms with E-state index in [9.17, 15) is 58.8 Å². The summed E-state index contributed by atoms with van der Waals surface area (Å²) >= 11 is 0. The second kappa shape index (κ2) is 27.9. The van der Waals surface area contributed by atoms with Crippen LogP contribution in [0.4, 0.5) is 0 Å². The molecule has 0 heterocycles. The van der Waals surface area contributed by atoms with E-state index in [1.807, 2.05) is 6.92 Å². The molecule has 2 rings (SSSR count). The third-order valence-electron chi connectivity index (χ3n) is 4.69. The monoisotopic (exact) mass is 871 g/mol. The van der Waals surface area contributed by atoms with Crippen molar-refractivity contribution < 1.29 is 117 Å². The Morgan fingerprint density at radius 1 is 0.643 bits per heavy atom. The van der Waals surface area contributed by atoms with Gasteiger partial charge in [-0.25, -0.2) is 9.59 Å². The number of hydrogen-bond donors (Lipinski definition) is 12. The van der Waals surface area contributed by atoms with Gasteiger partial charge in [-0.05, 0) is 30.7 Å². The van der Waals surface area contributed by atoms with Crippen molar-refractivity contribution in [1.82, 2.24) is 0 Å². The Morgan fingerprint density at radius 3 is 1.16 bits per heavy atom. The lowest BCUT2D eigenvalue weighted by Gasteiger charge is -2.18. The van der Waals surface area contributed by atoms with Crippen molar-refractivity contribution in [3.63, 3.8) is 0 Å². The van der Waals surface area contributed by atoms with E-state index in [1.165, 1.54) is 12.1 Å². The molecule has 2 aromatic rings. The van der Waals surface area contributed by atoms with Crippen LogP contribution in [0.3, 0.4) is 0 Å². The summed E-state index contributed by atoms with van der Waals surface area (Å²) in [6.45, 7) is 1.84. The van der Waals surface area contributed by atoms with Crippen LogP contribution in [0, 0.1) is 0 Å². The van der Waals surface area contributed by atoms with Crippen molar-refractivity contribution in [1.29, 1.82) is 0 Å². The second-order valence-electron chi connectivity index (χ2n) is 9.55. The predicted octanol–water partition coefficient (Wildman–Crippen LogP) is -0.578. The molecule has 0 spiro atoms. The normalized spacial score (nSPS) is 11.0. The zero-order valence-corrected chi connectivity index (χ0v) is 30.8. The standard InChI is InChI=1S/C7H6O2.C6H8O7.C6H6O3S.C4H7NO4.C4H8O2.H2O7S2/c8-7(9)6-4-2-1-3-5-6;7-3(8)1-6(13,5(11)12)2-4(9)10;7-10(8,9)6-4-2-1-3-5-6;5-2(4(8)9)1-3(6)7;1-2-3-4(5)6;1-8(2,3)7-9(4,5)6/h1-5H,(H,8,9);13H,1-2H2,(H,7,8)(H,9,10)(H,11,12);1-5H,(H,7,8,9);2H,1,5H2,(H,6,7)(H,8,9);2-3H2,1H3,(H,5,6);(H,1,2,3)(H,4,5,6). The molecule has 0 aliphatic heterocycles. The van der Waals surface area contributed by atoms with Crippen molar-refractivity contribution >= 4 is 72.7 Å². The Morgan fingerprint density at radius 2 is 1.02 bits per heavy atom. The van der Waals surface area contributed by atoms with Crippen LogP contribution in [-0.2, 0) is 63.3 Å². The number of benzene rings is 2. The largest absolute Gasteiger partial charge is 0.481 e. The third-order valence-corrected chi connectivity index (χ3v) is 6.94. The predicted molar refractivity (Wildman–Crippen MR) is 181 cm³/mol. The third kappa shape index (κ3) is 38.1. The van der Waals surface area contributed by atoms with Gasteiger partial charge in [0.2, 0.25) is 0 Å². The SMILES string of the molecule is CCCC(=O)O.NC(CC(=O)O)C(=O)O.O=C(O)CC(O)(CC(=O)O)C(=O)O.O=C(O)c1ccccc1.O=S(=O)(O)OS(=O)(=O)O.O=S(=O)(O)c1ccccc1. The van der Waals surface area contributed by atoms with Gasteiger partial charge in [-0.1, -0.05) is 43.3 Å². The van der Waals surface area contributed by atoms with Gasteiger partial charge in [-0.15, -0.1) is 3.63 Å². The van der Waals surface area contributed by atoms with E-state index < -0.39 is 104 Å². The zero-order chi connectivity index (χ0) is 45.1. The second-order valence-corrected chi connectivity index (χ2v) is 13.2. The van der Waals surface area contributed by atoms with Crippen LogP contribution in [0.25, 0.3) is 0 Å². The molecule has 56 heavy (non-hydrogen) atoms. The molecule has 0 radical (unpaired) electrons. The first-order valence-corrected chi connectivity index (χ1v) is 18.2. The number of aromatic carboxylic acids is 1. The molecule has 2 aromatic carbocycles. The van der Waals surface area contributed by atoms with Gasteiger partial charge in [0.15, 0.2) is 5.60 Å². The molecule has 0 aliphatic carbocycles. The fourth-order valence-corrected chi connectivity index (χ4v) is 3.86. The van der Waals surface area contributed by atoms with Crippen LogP contribution in [0.15, 0.2) is 65.6 Å². The number of aliphatic hydroxyl groups is 1. The summed E-state index contributed by atoms with van der Waals surface area (Å²) in [5.41, 5.74) is 2.43. The van der Waals surface area contributed by atoms with Crippen LogP contribution in [0.2, 0.25) is 0 Å². The van der Waals surface area contributed by atoms with Gasteiger partial charge in [0.1, 0.15) is 6.04 Å². The Balaban J connectivity index is -0.000000293. The van der Waals surface area contributed by atoms with Gasteiger partial charge in [0.05, 0.1) is 29.7 Å². The Bertz CT molecular complexity index is 1850. The molecule has 318 valence electrons. The highest BCUT2D eigenvalue weighted by Crippen LogP contribution is 2.15. The molecule has 0 saturated carbocycles. The first-order valence-electron chi connectivity index (χ1n) is 14.0. The fourth-order valence-electron chi connectivity index (χ4n) is 2.49. The lowest BCUT2D eigenvalue weighted by atomic mass is 9.96. The highest BCUT2D eigenvalue weighted by molar-refractivity contribution is 7.94. The molecular formula is C27H37NO25S3. The summed E-state index contributed by atoms with van der Waals surface area (Å²) in [4.78, 5) is 69.8. The number of aliphatic carboxylic acids is 6. The van der Waals surface area contributed by atoms with Crippen LogP contribution in [0.5, 0.6) is 0 Å². The maximum absolute atomic E-state index is 10.4. The molecule has 0 aromatic heterocycles. The topological polar surface area (TPSA) is 480 Å². The van der Waals surface area contributed by atoms with Crippen LogP contribution in [0.1, 0.15) is 49.4 Å². The molecule has 0 saturated heterocycles.